The molecule has 0 bridgehead atoms. The molecule has 32 heavy (non-hydrogen) atoms. The third-order valence-electron chi connectivity index (χ3n) is 8.41. The van der Waals surface area contributed by atoms with Crippen molar-refractivity contribution in [3.8, 4) is 0 Å². The Morgan fingerprint density at radius 2 is 1.69 bits per heavy atom. The van der Waals surface area contributed by atoms with Crippen LogP contribution in [0.5, 0.6) is 0 Å². The van der Waals surface area contributed by atoms with Crippen molar-refractivity contribution in [2.45, 2.75) is 62.9 Å². The van der Waals surface area contributed by atoms with Crippen LogP contribution in [0.1, 0.15) is 56.3 Å². The van der Waals surface area contributed by atoms with Crippen LogP contribution in [0, 0.1) is 12.8 Å². The highest BCUT2D eigenvalue weighted by atomic mass is 16.2. The van der Waals surface area contributed by atoms with E-state index < -0.39 is 0 Å². The molecule has 1 spiro atoms. The maximum absolute atomic E-state index is 13.7. The predicted molar refractivity (Wildman–Crippen MR) is 127 cm³/mol. The minimum Gasteiger partial charge on any atom is -0.317 e. The van der Waals surface area contributed by atoms with Crippen LogP contribution in [0.3, 0.4) is 0 Å². The first-order valence-electron chi connectivity index (χ1n) is 12.0. The molecule has 170 valence electrons. The maximum atomic E-state index is 13.7. The molecular formula is C26H35N5O. The summed E-state index contributed by atoms with van der Waals surface area (Å²) in [5.41, 5.74) is 2.13. The van der Waals surface area contributed by atoms with E-state index in [2.05, 4.69) is 64.2 Å². The van der Waals surface area contributed by atoms with Crippen LogP contribution in [0.15, 0.2) is 42.7 Å². The molecule has 1 aromatic heterocycles. The first kappa shape index (κ1) is 21.4. The number of aromatic nitrogens is 2. The lowest BCUT2D eigenvalue weighted by molar-refractivity contribution is 0.0172. The summed E-state index contributed by atoms with van der Waals surface area (Å²) < 4.78 is 0. The number of hydrogen-bond acceptors (Lipinski definition) is 4. The Bertz CT molecular complexity index is 946. The number of urea groups is 1. The summed E-state index contributed by atoms with van der Waals surface area (Å²) in [6.45, 7) is 3.51. The van der Waals surface area contributed by atoms with Crippen molar-refractivity contribution in [1.29, 1.82) is 0 Å². The second-order valence-corrected chi connectivity index (χ2v) is 10.3. The van der Waals surface area contributed by atoms with Crippen LogP contribution < -0.4 is 4.90 Å². The van der Waals surface area contributed by atoms with Crippen LogP contribution in [0.2, 0.25) is 0 Å². The van der Waals surface area contributed by atoms with Crippen LogP contribution in [-0.2, 0) is 5.54 Å². The van der Waals surface area contributed by atoms with Crippen molar-refractivity contribution in [1.82, 2.24) is 19.8 Å². The number of nitrogens with zero attached hydrogens (tertiary/aromatic N) is 5. The van der Waals surface area contributed by atoms with Crippen molar-refractivity contribution in [3.63, 3.8) is 0 Å². The first-order chi connectivity index (χ1) is 15.4. The van der Waals surface area contributed by atoms with Crippen LogP contribution in [0.4, 0.5) is 10.5 Å². The minimum atomic E-state index is -0.105. The van der Waals surface area contributed by atoms with Gasteiger partial charge in [-0.05, 0) is 71.0 Å². The summed E-state index contributed by atoms with van der Waals surface area (Å²) in [5, 5.41) is 0. The summed E-state index contributed by atoms with van der Waals surface area (Å²) in [6.07, 6.45) is 11.5. The monoisotopic (exact) mass is 433 g/mol. The quantitative estimate of drug-likeness (QED) is 0.692. The lowest BCUT2D eigenvalue weighted by Crippen LogP contribution is -2.56. The van der Waals surface area contributed by atoms with E-state index in [1.807, 2.05) is 11.8 Å². The van der Waals surface area contributed by atoms with Gasteiger partial charge in [0.25, 0.3) is 0 Å². The highest BCUT2D eigenvalue weighted by Gasteiger charge is 2.55. The molecule has 2 saturated carbocycles. The molecule has 6 nitrogen and oxygen atoms in total. The zero-order valence-electron chi connectivity index (χ0n) is 19.6. The molecule has 0 radical (unpaired) electrons. The fraction of sp³-hybridized carbons (Fsp3) is 0.577. The van der Waals surface area contributed by atoms with E-state index >= 15 is 0 Å². The van der Waals surface area contributed by atoms with Crippen molar-refractivity contribution in [2.24, 2.45) is 5.92 Å². The Kier molecular flexibility index (Phi) is 5.44. The SMILES string of the molecule is Cc1ncc(N2C[C@]3(CC[C@](c4ccccc4)(N(C)C)CC3)N(CC3CCC3)C2=O)cn1. The average Bonchev–Trinajstić information content (AvgIpc) is 3.04. The van der Waals surface area contributed by atoms with E-state index in [0.29, 0.717) is 5.92 Å². The normalized spacial score (nSPS) is 28.6. The predicted octanol–water partition coefficient (Wildman–Crippen LogP) is 4.60. The van der Waals surface area contributed by atoms with Gasteiger partial charge >= 0.3 is 6.03 Å². The average molecular weight is 434 g/mol. The molecular weight excluding hydrogens is 398 g/mol. The van der Waals surface area contributed by atoms with Crippen molar-refractivity contribution >= 4 is 11.7 Å². The Hall–Kier alpha value is -2.47. The van der Waals surface area contributed by atoms with Gasteiger partial charge in [-0.15, -0.1) is 0 Å². The summed E-state index contributed by atoms with van der Waals surface area (Å²) in [6, 6.07) is 11.0. The Morgan fingerprint density at radius 1 is 1.03 bits per heavy atom. The summed E-state index contributed by atoms with van der Waals surface area (Å²) in [7, 11) is 4.40. The molecule has 1 aliphatic heterocycles. The molecule has 0 N–H and O–H groups in total. The van der Waals surface area contributed by atoms with Gasteiger partial charge in [-0.25, -0.2) is 14.8 Å². The molecule has 3 aliphatic rings. The molecule has 1 aromatic carbocycles. The number of anilines is 1. The van der Waals surface area contributed by atoms with Gasteiger partial charge in [0.1, 0.15) is 5.82 Å². The molecule has 1 saturated heterocycles. The number of carbonyl (C=O) groups is 1. The molecule has 0 atom stereocenters. The Labute approximate surface area is 191 Å². The number of amides is 2. The summed E-state index contributed by atoms with van der Waals surface area (Å²) >= 11 is 0. The van der Waals surface area contributed by atoms with Gasteiger partial charge in [0.05, 0.1) is 30.2 Å². The number of benzene rings is 1. The lowest BCUT2D eigenvalue weighted by atomic mass is 9.68. The Balaban J connectivity index is 1.44. The van der Waals surface area contributed by atoms with Gasteiger partial charge in [0, 0.05) is 12.1 Å². The fourth-order valence-corrected chi connectivity index (χ4v) is 6.03. The van der Waals surface area contributed by atoms with Crippen LogP contribution in [-0.4, -0.2) is 58.5 Å². The van der Waals surface area contributed by atoms with Crippen LogP contribution >= 0.6 is 0 Å². The van der Waals surface area contributed by atoms with Gasteiger partial charge in [-0.2, -0.15) is 0 Å². The van der Waals surface area contributed by atoms with E-state index in [0.717, 1.165) is 50.3 Å². The molecule has 0 unspecified atom stereocenters. The number of carbonyl (C=O) groups excluding carboxylic acids is 1. The van der Waals surface area contributed by atoms with E-state index in [9.17, 15) is 4.79 Å². The molecule has 2 heterocycles. The van der Waals surface area contributed by atoms with E-state index in [1.54, 1.807) is 12.4 Å². The van der Waals surface area contributed by atoms with Crippen LogP contribution in [0.25, 0.3) is 0 Å². The fourth-order valence-electron chi connectivity index (χ4n) is 6.03. The largest absolute Gasteiger partial charge is 0.325 e. The topological polar surface area (TPSA) is 52.6 Å². The van der Waals surface area contributed by atoms with E-state index in [-0.39, 0.29) is 17.1 Å². The second-order valence-electron chi connectivity index (χ2n) is 10.3. The molecule has 3 fully saturated rings. The molecule has 6 heteroatoms. The van der Waals surface area contributed by atoms with Gasteiger partial charge in [0.2, 0.25) is 0 Å². The zero-order valence-corrected chi connectivity index (χ0v) is 19.6. The highest BCUT2D eigenvalue weighted by Crippen LogP contribution is 2.50. The van der Waals surface area contributed by atoms with Crippen molar-refractivity contribution in [2.75, 3.05) is 32.1 Å². The van der Waals surface area contributed by atoms with Gasteiger partial charge in [0.15, 0.2) is 0 Å². The van der Waals surface area contributed by atoms with Gasteiger partial charge in [-0.3, -0.25) is 9.80 Å². The smallest absolute Gasteiger partial charge is 0.317 e. The number of hydrogen-bond donors (Lipinski definition) is 0. The highest BCUT2D eigenvalue weighted by molar-refractivity contribution is 5.95. The number of aryl methyl sites for hydroxylation is 1. The second kappa shape index (κ2) is 8.14. The third kappa shape index (κ3) is 3.49. The molecule has 5 rings (SSSR count). The molecule has 2 aromatic rings. The molecule has 2 aliphatic carbocycles. The Morgan fingerprint density at radius 3 is 2.25 bits per heavy atom. The van der Waals surface area contributed by atoms with Gasteiger partial charge < -0.3 is 4.90 Å². The lowest BCUT2D eigenvalue weighted by Gasteiger charge is -2.51. The first-order valence-corrected chi connectivity index (χ1v) is 12.0. The van der Waals surface area contributed by atoms with E-state index in [4.69, 9.17) is 0 Å². The van der Waals surface area contributed by atoms with E-state index in [1.165, 1.54) is 24.8 Å². The number of rotatable bonds is 5. The minimum absolute atomic E-state index is 0.0259. The molecule has 2 amide bonds. The van der Waals surface area contributed by atoms with Gasteiger partial charge in [-0.1, -0.05) is 36.8 Å². The third-order valence-corrected chi connectivity index (χ3v) is 8.41. The standard InChI is InChI=1S/C26H35N5O/c1-20-27-16-23(17-28-20)30-19-25(31(24(30)32)18-21-8-7-9-21)12-14-26(15-13-25,29(2)3)22-10-5-4-6-11-22/h4-6,10-11,16-17,21H,7-9,12-15,18-19H2,1-3H3/t25-,26+. The summed E-state index contributed by atoms with van der Waals surface area (Å²) in [5.74, 6) is 1.39. The van der Waals surface area contributed by atoms with Crippen molar-refractivity contribution in [3.05, 3.63) is 54.1 Å². The zero-order chi connectivity index (χ0) is 22.3. The maximum Gasteiger partial charge on any atom is 0.325 e. The summed E-state index contributed by atoms with van der Waals surface area (Å²) in [4.78, 5) is 29.0. The van der Waals surface area contributed by atoms with Crippen molar-refractivity contribution < 1.29 is 4.79 Å².